The van der Waals surface area contributed by atoms with E-state index in [0.717, 1.165) is 12.5 Å². The van der Waals surface area contributed by atoms with Gasteiger partial charge in [0.1, 0.15) is 6.10 Å². The Morgan fingerprint density at radius 2 is 2.20 bits per heavy atom. The second kappa shape index (κ2) is 6.08. The van der Waals surface area contributed by atoms with E-state index in [0.29, 0.717) is 13.2 Å². The monoisotopic (exact) mass is 215 g/mol. The van der Waals surface area contributed by atoms with Crippen molar-refractivity contribution in [3.63, 3.8) is 0 Å². The Labute approximate surface area is 91.5 Å². The van der Waals surface area contributed by atoms with E-state index in [1.165, 1.54) is 12.8 Å². The highest BCUT2D eigenvalue weighted by Crippen LogP contribution is 2.28. The van der Waals surface area contributed by atoms with Crippen LogP contribution in [0.5, 0.6) is 0 Å². The number of ether oxygens (including phenoxy) is 2. The first-order chi connectivity index (χ1) is 7.15. The molecule has 1 aliphatic rings. The van der Waals surface area contributed by atoms with Crippen LogP contribution in [0.25, 0.3) is 0 Å². The van der Waals surface area contributed by atoms with E-state index >= 15 is 0 Å². The summed E-state index contributed by atoms with van der Waals surface area (Å²) in [5.41, 5.74) is 0. The quantitative estimate of drug-likeness (QED) is 0.592. The number of hydrogen-bond donors (Lipinski definition) is 0. The third-order valence-electron chi connectivity index (χ3n) is 2.70. The lowest BCUT2D eigenvalue weighted by atomic mass is 10.3. The minimum Gasteiger partial charge on any atom is -0.379 e. The first-order valence-corrected chi connectivity index (χ1v) is 5.50. The van der Waals surface area contributed by atoms with Crippen LogP contribution in [0.3, 0.4) is 0 Å². The number of rotatable bonds is 7. The minimum atomic E-state index is -0.363. The average Bonchev–Trinajstić information content (AvgIpc) is 3.05. The Kier molecular flexibility index (Phi) is 5.05. The number of likely N-dealkylation sites (N-methyl/N-ethyl adjacent to an activating group) is 1. The van der Waals surface area contributed by atoms with Crippen molar-refractivity contribution >= 4 is 5.91 Å². The third kappa shape index (κ3) is 4.62. The van der Waals surface area contributed by atoms with Gasteiger partial charge in [0, 0.05) is 27.3 Å². The van der Waals surface area contributed by atoms with Crippen molar-refractivity contribution in [3.05, 3.63) is 0 Å². The van der Waals surface area contributed by atoms with Crippen molar-refractivity contribution in [2.24, 2.45) is 5.92 Å². The highest BCUT2D eigenvalue weighted by atomic mass is 16.5. The van der Waals surface area contributed by atoms with Gasteiger partial charge in [-0.05, 0) is 25.7 Å². The minimum absolute atomic E-state index is 0.00696. The van der Waals surface area contributed by atoms with Crippen molar-refractivity contribution < 1.29 is 14.3 Å². The molecule has 0 aromatic rings. The third-order valence-corrected chi connectivity index (χ3v) is 2.70. The van der Waals surface area contributed by atoms with E-state index in [1.807, 2.05) is 0 Å². The molecule has 1 unspecified atom stereocenters. The van der Waals surface area contributed by atoms with Crippen molar-refractivity contribution in [3.8, 4) is 0 Å². The second-order valence-corrected chi connectivity index (χ2v) is 4.16. The maximum Gasteiger partial charge on any atom is 0.251 e. The van der Waals surface area contributed by atoms with Crippen molar-refractivity contribution in [2.45, 2.75) is 25.9 Å². The summed E-state index contributed by atoms with van der Waals surface area (Å²) in [6, 6.07) is 0. The summed E-state index contributed by atoms with van der Waals surface area (Å²) in [6.07, 6.45) is 2.24. The fourth-order valence-electron chi connectivity index (χ4n) is 1.26. The molecule has 1 rings (SSSR count). The molecular formula is C11H21NO3. The van der Waals surface area contributed by atoms with Gasteiger partial charge in [-0.15, -0.1) is 0 Å². The van der Waals surface area contributed by atoms with E-state index in [-0.39, 0.29) is 12.0 Å². The van der Waals surface area contributed by atoms with Crippen LogP contribution >= 0.6 is 0 Å². The van der Waals surface area contributed by atoms with Gasteiger partial charge >= 0.3 is 0 Å². The van der Waals surface area contributed by atoms with Crippen LogP contribution in [0.15, 0.2) is 0 Å². The van der Waals surface area contributed by atoms with Gasteiger partial charge in [0.05, 0.1) is 6.61 Å². The van der Waals surface area contributed by atoms with E-state index in [1.54, 1.807) is 26.0 Å². The van der Waals surface area contributed by atoms with Crippen LogP contribution in [0.4, 0.5) is 0 Å². The van der Waals surface area contributed by atoms with Crippen LogP contribution in [-0.4, -0.2) is 50.8 Å². The zero-order valence-corrected chi connectivity index (χ0v) is 9.86. The molecule has 15 heavy (non-hydrogen) atoms. The Hall–Kier alpha value is -0.610. The molecule has 0 saturated heterocycles. The summed E-state index contributed by atoms with van der Waals surface area (Å²) in [6.45, 7) is 3.86. The van der Waals surface area contributed by atoms with Crippen LogP contribution < -0.4 is 0 Å². The zero-order chi connectivity index (χ0) is 11.3. The molecule has 0 aliphatic heterocycles. The molecule has 0 aromatic carbocycles. The first kappa shape index (κ1) is 12.5. The summed E-state index contributed by atoms with van der Waals surface area (Å²) >= 11 is 0. The maximum atomic E-state index is 11.6. The van der Waals surface area contributed by atoms with Gasteiger partial charge in [0.2, 0.25) is 0 Å². The van der Waals surface area contributed by atoms with Gasteiger partial charge in [0.25, 0.3) is 5.91 Å². The molecule has 0 radical (unpaired) electrons. The zero-order valence-electron chi connectivity index (χ0n) is 9.86. The van der Waals surface area contributed by atoms with Crippen molar-refractivity contribution in [2.75, 3.05) is 33.9 Å². The van der Waals surface area contributed by atoms with Gasteiger partial charge in [-0.2, -0.15) is 0 Å². The molecule has 0 heterocycles. The van der Waals surface area contributed by atoms with Gasteiger partial charge in [-0.3, -0.25) is 4.79 Å². The average molecular weight is 215 g/mol. The molecule has 1 saturated carbocycles. The lowest BCUT2D eigenvalue weighted by molar-refractivity contribution is -0.140. The van der Waals surface area contributed by atoms with Gasteiger partial charge in [0.15, 0.2) is 0 Å². The SMILES string of the molecule is COC(C)C(=O)N(C)CCOCC1CC1. The normalized spacial score (nSPS) is 17.5. The molecule has 1 aliphatic carbocycles. The standard InChI is InChI=1S/C11H21NO3/c1-9(14-3)11(13)12(2)6-7-15-8-10-4-5-10/h9-10H,4-8H2,1-3H3. The summed E-state index contributed by atoms with van der Waals surface area (Å²) < 4.78 is 10.4. The number of carbonyl (C=O) groups is 1. The Morgan fingerprint density at radius 1 is 1.53 bits per heavy atom. The Morgan fingerprint density at radius 3 is 2.73 bits per heavy atom. The first-order valence-electron chi connectivity index (χ1n) is 5.50. The van der Waals surface area contributed by atoms with Gasteiger partial charge in [-0.1, -0.05) is 0 Å². The predicted molar refractivity (Wildman–Crippen MR) is 57.7 cm³/mol. The predicted octanol–water partition coefficient (Wildman–Crippen LogP) is 0.906. The lowest BCUT2D eigenvalue weighted by Gasteiger charge is -2.20. The summed E-state index contributed by atoms with van der Waals surface area (Å²) in [7, 11) is 3.32. The molecule has 0 bridgehead atoms. The number of carbonyl (C=O) groups excluding carboxylic acids is 1. The van der Waals surface area contributed by atoms with E-state index < -0.39 is 0 Å². The van der Waals surface area contributed by atoms with E-state index in [2.05, 4.69) is 0 Å². The van der Waals surface area contributed by atoms with E-state index in [9.17, 15) is 4.79 Å². The molecule has 0 N–H and O–H groups in total. The summed E-state index contributed by atoms with van der Waals surface area (Å²) in [4.78, 5) is 13.2. The largest absolute Gasteiger partial charge is 0.379 e. The molecule has 1 atom stereocenters. The summed E-state index contributed by atoms with van der Waals surface area (Å²) in [5, 5.41) is 0. The van der Waals surface area contributed by atoms with Crippen LogP contribution in [-0.2, 0) is 14.3 Å². The van der Waals surface area contributed by atoms with Gasteiger partial charge in [-0.25, -0.2) is 0 Å². The summed E-state index contributed by atoms with van der Waals surface area (Å²) in [5.74, 6) is 0.788. The fourth-order valence-corrected chi connectivity index (χ4v) is 1.26. The van der Waals surface area contributed by atoms with Crippen molar-refractivity contribution in [1.82, 2.24) is 4.90 Å². The number of methoxy groups -OCH3 is 1. The van der Waals surface area contributed by atoms with Gasteiger partial charge < -0.3 is 14.4 Å². The molecule has 88 valence electrons. The molecule has 1 amide bonds. The van der Waals surface area contributed by atoms with Crippen LogP contribution in [0.1, 0.15) is 19.8 Å². The van der Waals surface area contributed by atoms with Crippen LogP contribution in [0, 0.1) is 5.92 Å². The Bertz CT molecular complexity index is 204. The lowest BCUT2D eigenvalue weighted by Crippen LogP contribution is -2.37. The molecule has 0 spiro atoms. The molecular weight excluding hydrogens is 194 g/mol. The van der Waals surface area contributed by atoms with Crippen LogP contribution in [0.2, 0.25) is 0 Å². The Balaban J connectivity index is 2.05. The highest BCUT2D eigenvalue weighted by molar-refractivity contribution is 5.80. The number of nitrogens with zero attached hydrogens (tertiary/aromatic N) is 1. The molecule has 0 aromatic heterocycles. The highest BCUT2D eigenvalue weighted by Gasteiger charge is 2.21. The molecule has 4 nitrogen and oxygen atoms in total. The fraction of sp³-hybridized carbons (Fsp3) is 0.909. The maximum absolute atomic E-state index is 11.6. The smallest absolute Gasteiger partial charge is 0.251 e. The second-order valence-electron chi connectivity index (χ2n) is 4.16. The number of hydrogen-bond acceptors (Lipinski definition) is 3. The molecule has 4 heteroatoms. The number of amides is 1. The topological polar surface area (TPSA) is 38.8 Å². The van der Waals surface area contributed by atoms with E-state index in [4.69, 9.17) is 9.47 Å². The van der Waals surface area contributed by atoms with Crippen molar-refractivity contribution in [1.29, 1.82) is 0 Å². The molecule has 1 fully saturated rings.